The number of hydrogen-bond donors (Lipinski definition) is 2. The second-order valence-corrected chi connectivity index (χ2v) is 11.0. The van der Waals surface area contributed by atoms with Crippen LogP contribution < -0.4 is 20.1 Å². The van der Waals surface area contributed by atoms with Gasteiger partial charge in [0.15, 0.2) is 0 Å². The van der Waals surface area contributed by atoms with Gasteiger partial charge in [0, 0.05) is 26.7 Å². The standard InChI is InChI=1S/C33H42N2O10/c1-18-12-26(16-42-24(7)36)13-19(2)30(18)44-32(40)22(5)34-28(38)10-9-11-29(39)35-23(6)33(41)45-31-20(3)14-27(15-21(31)4)17-43-25(8)37/h12-15,22-23H,9-11,16-17H2,1-8H3,(H,34,38)(H,35,39). The monoisotopic (exact) mass is 626 g/mol. The van der Waals surface area contributed by atoms with Gasteiger partial charge in [-0.15, -0.1) is 0 Å². The van der Waals surface area contributed by atoms with Crippen molar-refractivity contribution in [2.45, 2.75) is 99.9 Å². The molecule has 244 valence electrons. The molecule has 0 saturated heterocycles. The first-order valence-electron chi connectivity index (χ1n) is 14.6. The molecule has 2 unspecified atom stereocenters. The molecule has 12 nitrogen and oxygen atoms in total. The summed E-state index contributed by atoms with van der Waals surface area (Å²) in [7, 11) is 0. The molecule has 2 rings (SSSR count). The maximum atomic E-state index is 12.6. The van der Waals surface area contributed by atoms with Crippen LogP contribution in [0.4, 0.5) is 0 Å². The van der Waals surface area contributed by atoms with Crippen molar-refractivity contribution in [3.8, 4) is 11.5 Å². The summed E-state index contributed by atoms with van der Waals surface area (Å²) in [6.45, 7) is 12.9. The molecule has 0 radical (unpaired) electrons. The van der Waals surface area contributed by atoms with Gasteiger partial charge in [0.25, 0.3) is 0 Å². The van der Waals surface area contributed by atoms with Gasteiger partial charge in [0.05, 0.1) is 0 Å². The minimum Gasteiger partial charge on any atom is -0.461 e. The van der Waals surface area contributed by atoms with Crippen LogP contribution in [0.2, 0.25) is 0 Å². The minimum absolute atomic E-state index is 0.0230. The molecule has 0 aliphatic heterocycles. The van der Waals surface area contributed by atoms with Gasteiger partial charge < -0.3 is 29.6 Å². The highest BCUT2D eigenvalue weighted by atomic mass is 16.5. The predicted molar refractivity (Wildman–Crippen MR) is 163 cm³/mol. The summed E-state index contributed by atoms with van der Waals surface area (Å²) in [5, 5.41) is 5.14. The van der Waals surface area contributed by atoms with E-state index < -0.39 is 47.8 Å². The van der Waals surface area contributed by atoms with E-state index in [0.717, 1.165) is 11.1 Å². The predicted octanol–water partition coefficient (Wildman–Crippen LogP) is 3.74. The number of rotatable bonds is 14. The van der Waals surface area contributed by atoms with Gasteiger partial charge in [-0.05, 0) is 106 Å². The van der Waals surface area contributed by atoms with E-state index in [1.165, 1.54) is 27.7 Å². The van der Waals surface area contributed by atoms with Gasteiger partial charge >= 0.3 is 23.9 Å². The summed E-state index contributed by atoms with van der Waals surface area (Å²) in [5.74, 6) is -2.26. The van der Waals surface area contributed by atoms with Crippen LogP contribution in [0, 0.1) is 27.7 Å². The molecule has 2 aromatic carbocycles. The molecule has 45 heavy (non-hydrogen) atoms. The summed E-state index contributed by atoms with van der Waals surface area (Å²) in [4.78, 5) is 72.2. The second-order valence-electron chi connectivity index (χ2n) is 11.0. The highest BCUT2D eigenvalue weighted by molar-refractivity contribution is 5.87. The van der Waals surface area contributed by atoms with Gasteiger partial charge in [-0.1, -0.05) is 0 Å². The summed E-state index contributed by atoms with van der Waals surface area (Å²) in [6, 6.07) is 5.12. The van der Waals surface area contributed by atoms with E-state index in [1.54, 1.807) is 52.0 Å². The molecule has 12 heteroatoms. The van der Waals surface area contributed by atoms with Crippen LogP contribution >= 0.6 is 0 Å². The fourth-order valence-electron chi connectivity index (χ4n) is 4.47. The molecule has 0 fully saturated rings. The van der Waals surface area contributed by atoms with Crippen molar-refractivity contribution >= 4 is 35.7 Å². The lowest BCUT2D eigenvalue weighted by Gasteiger charge is -2.17. The Morgan fingerprint density at radius 2 is 0.911 bits per heavy atom. The third-order valence-electron chi connectivity index (χ3n) is 6.60. The van der Waals surface area contributed by atoms with Crippen molar-refractivity contribution in [3.63, 3.8) is 0 Å². The van der Waals surface area contributed by atoms with Crippen LogP contribution in [-0.2, 0) is 51.5 Å². The van der Waals surface area contributed by atoms with Crippen molar-refractivity contribution in [2.75, 3.05) is 0 Å². The lowest BCUT2D eigenvalue weighted by atomic mass is 10.1. The number of ether oxygens (including phenoxy) is 4. The average molecular weight is 627 g/mol. The Labute approximate surface area is 263 Å². The topological polar surface area (TPSA) is 163 Å². The molecule has 0 aliphatic rings. The van der Waals surface area contributed by atoms with Crippen molar-refractivity contribution in [2.24, 2.45) is 0 Å². The second kappa shape index (κ2) is 16.9. The maximum Gasteiger partial charge on any atom is 0.333 e. The smallest absolute Gasteiger partial charge is 0.333 e. The Balaban J connectivity index is 1.79. The molecule has 2 N–H and O–H groups in total. The molecule has 0 aromatic heterocycles. The molecule has 0 heterocycles. The molecule has 0 spiro atoms. The summed E-state index contributed by atoms with van der Waals surface area (Å²) in [6.07, 6.45) is 0.140. The van der Waals surface area contributed by atoms with Gasteiger partial charge in [-0.2, -0.15) is 0 Å². The fourth-order valence-corrected chi connectivity index (χ4v) is 4.47. The fraction of sp³-hybridized carbons (Fsp3) is 0.455. The van der Waals surface area contributed by atoms with E-state index in [2.05, 4.69) is 10.6 Å². The number of hydrogen-bond acceptors (Lipinski definition) is 10. The lowest BCUT2D eigenvalue weighted by molar-refractivity contribution is -0.143. The molecule has 2 amide bonds. The quantitative estimate of drug-likeness (QED) is 0.233. The highest BCUT2D eigenvalue weighted by Gasteiger charge is 2.22. The number of esters is 4. The third kappa shape index (κ3) is 12.0. The zero-order valence-electron chi connectivity index (χ0n) is 27.1. The van der Waals surface area contributed by atoms with Crippen LogP contribution in [-0.4, -0.2) is 47.8 Å². The Bertz CT molecular complexity index is 1300. The summed E-state index contributed by atoms with van der Waals surface area (Å²) >= 11 is 0. The van der Waals surface area contributed by atoms with Crippen LogP contribution in [0.25, 0.3) is 0 Å². The first kappa shape index (κ1) is 36.5. The van der Waals surface area contributed by atoms with E-state index in [4.69, 9.17) is 18.9 Å². The van der Waals surface area contributed by atoms with Crippen molar-refractivity contribution in [1.29, 1.82) is 0 Å². The Kier molecular flexibility index (Phi) is 13.7. The van der Waals surface area contributed by atoms with E-state index >= 15 is 0 Å². The normalized spacial score (nSPS) is 11.9. The zero-order valence-corrected chi connectivity index (χ0v) is 27.1. The van der Waals surface area contributed by atoms with Crippen LogP contribution in [0.15, 0.2) is 24.3 Å². The maximum absolute atomic E-state index is 12.6. The van der Waals surface area contributed by atoms with E-state index in [0.29, 0.717) is 33.8 Å². The molecule has 0 aliphatic carbocycles. The van der Waals surface area contributed by atoms with E-state index in [-0.39, 0.29) is 32.5 Å². The van der Waals surface area contributed by atoms with Crippen LogP contribution in [0.5, 0.6) is 11.5 Å². The third-order valence-corrected chi connectivity index (χ3v) is 6.60. The molecular weight excluding hydrogens is 584 g/mol. The molecule has 0 bridgehead atoms. The van der Waals surface area contributed by atoms with Crippen molar-refractivity contribution < 1.29 is 47.7 Å². The summed E-state index contributed by atoms with van der Waals surface area (Å²) in [5.41, 5.74) is 4.21. The van der Waals surface area contributed by atoms with E-state index in [1.807, 2.05) is 0 Å². The first-order chi connectivity index (χ1) is 21.1. The van der Waals surface area contributed by atoms with Gasteiger partial charge in [-0.3, -0.25) is 19.2 Å². The largest absolute Gasteiger partial charge is 0.461 e. The molecule has 2 atom stereocenters. The highest BCUT2D eigenvalue weighted by Crippen LogP contribution is 2.27. The Hall–Kier alpha value is -4.74. The minimum atomic E-state index is -0.941. The molecule has 0 saturated carbocycles. The van der Waals surface area contributed by atoms with Crippen LogP contribution in [0.3, 0.4) is 0 Å². The van der Waals surface area contributed by atoms with Gasteiger partial charge in [-0.25, -0.2) is 9.59 Å². The van der Waals surface area contributed by atoms with Crippen LogP contribution in [0.1, 0.15) is 80.3 Å². The van der Waals surface area contributed by atoms with E-state index in [9.17, 15) is 28.8 Å². The Morgan fingerprint density at radius 3 is 1.20 bits per heavy atom. The lowest BCUT2D eigenvalue weighted by Crippen LogP contribution is -2.41. The first-order valence-corrected chi connectivity index (χ1v) is 14.6. The average Bonchev–Trinajstić information content (AvgIpc) is 2.94. The SMILES string of the molecule is CC(=O)OCc1cc(C)c(OC(=O)C(C)NC(=O)CCCC(=O)NC(C)C(=O)Oc2c(C)cc(COC(C)=O)cc2C)c(C)c1. The Morgan fingerprint density at radius 1 is 0.600 bits per heavy atom. The number of amides is 2. The van der Waals surface area contributed by atoms with Gasteiger partial charge in [0.1, 0.15) is 36.8 Å². The zero-order chi connectivity index (χ0) is 33.8. The molecular formula is C33H42N2O10. The van der Waals surface area contributed by atoms with Gasteiger partial charge in [0.2, 0.25) is 11.8 Å². The summed E-state index contributed by atoms with van der Waals surface area (Å²) < 4.78 is 21.1. The number of carbonyl (C=O) groups is 6. The number of benzene rings is 2. The number of aryl methyl sites for hydroxylation is 4. The van der Waals surface area contributed by atoms with Crippen molar-refractivity contribution in [3.05, 3.63) is 57.6 Å². The number of carbonyl (C=O) groups excluding carboxylic acids is 6. The van der Waals surface area contributed by atoms with Crippen molar-refractivity contribution in [1.82, 2.24) is 10.6 Å². The number of nitrogens with one attached hydrogen (secondary N) is 2. The molecule has 2 aromatic rings.